The van der Waals surface area contributed by atoms with E-state index in [9.17, 15) is 0 Å². The van der Waals surface area contributed by atoms with Crippen LogP contribution >= 0.6 is 11.3 Å². The van der Waals surface area contributed by atoms with Gasteiger partial charge in [-0.1, -0.05) is 12.5 Å². The van der Waals surface area contributed by atoms with Crippen LogP contribution in [0.5, 0.6) is 0 Å². The average Bonchev–Trinajstić information content (AvgIpc) is 2.79. The molecule has 0 bridgehead atoms. The Bertz CT molecular complexity index is 246. The zero-order valence-electron chi connectivity index (χ0n) is 10.5. The van der Waals surface area contributed by atoms with Gasteiger partial charge in [-0.2, -0.15) is 0 Å². The topological polar surface area (TPSA) is 15.3 Å². The van der Waals surface area contributed by atoms with Crippen LogP contribution in [-0.2, 0) is 6.42 Å². The van der Waals surface area contributed by atoms with Crippen molar-refractivity contribution in [3.63, 3.8) is 0 Å². The van der Waals surface area contributed by atoms with Crippen molar-refractivity contribution in [2.75, 3.05) is 33.7 Å². The number of hydrogen-bond donors (Lipinski definition) is 1. The maximum atomic E-state index is 3.19. The Morgan fingerprint density at radius 2 is 2.12 bits per heavy atom. The molecule has 0 aliphatic rings. The van der Waals surface area contributed by atoms with Gasteiger partial charge in [-0.05, 0) is 57.9 Å². The molecule has 0 fully saturated rings. The molecule has 2 nitrogen and oxygen atoms in total. The van der Waals surface area contributed by atoms with E-state index in [4.69, 9.17) is 0 Å². The highest BCUT2D eigenvalue weighted by molar-refractivity contribution is 7.09. The van der Waals surface area contributed by atoms with Crippen LogP contribution in [0.2, 0.25) is 0 Å². The smallest absolute Gasteiger partial charge is 0.00579 e. The van der Waals surface area contributed by atoms with Crippen LogP contribution in [0.3, 0.4) is 0 Å². The molecule has 16 heavy (non-hydrogen) atoms. The van der Waals surface area contributed by atoms with E-state index >= 15 is 0 Å². The van der Waals surface area contributed by atoms with Crippen molar-refractivity contribution < 1.29 is 0 Å². The number of rotatable bonds is 9. The third-order valence-electron chi connectivity index (χ3n) is 2.79. The molecule has 1 N–H and O–H groups in total. The molecule has 1 heterocycles. The maximum absolute atomic E-state index is 3.19. The monoisotopic (exact) mass is 240 g/mol. The number of likely N-dealkylation sites (N-methyl/N-ethyl adjacent to an activating group) is 1. The highest BCUT2D eigenvalue weighted by Gasteiger charge is 1.99. The van der Waals surface area contributed by atoms with E-state index in [0.29, 0.717) is 0 Å². The Hall–Kier alpha value is -0.380. The molecule has 3 heteroatoms. The molecule has 0 spiro atoms. The molecule has 92 valence electrons. The second-order valence-corrected chi connectivity index (χ2v) is 5.33. The van der Waals surface area contributed by atoms with Crippen molar-refractivity contribution in [3.8, 4) is 0 Å². The Morgan fingerprint density at radius 1 is 1.25 bits per heavy atom. The van der Waals surface area contributed by atoms with E-state index < -0.39 is 0 Å². The minimum atomic E-state index is 1.15. The molecule has 1 rings (SSSR count). The summed E-state index contributed by atoms with van der Waals surface area (Å²) in [6.07, 6.45) is 5.16. The van der Waals surface area contributed by atoms with Crippen LogP contribution in [0.15, 0.2) is 17.5 Å². The van der Waals surface area contributed by atoms with Crippen LogP contribution in [0.4, 0.5) is 0 Å². The lowest BCUT2D eigenvalue weighted by Gasteiger charge is -2.15. The Balaban J connectivity index is 1.96. The number of nitrogens with zero attached hydrogens (tertiary/aromatic N) is 1. The summed E-state index contributed by atoms with van der Waals surface area (Å²) >= 11 is 1.86. The fraction of sp³-hybridized carbons (Fsp3) is 0.692. The summed E-state index contributed by atoms with van der Waals surface area (Å²) in [7, 11) is 4.25. The molecule has 0 aromatic carbocycles. The lowest BCUT2D eigenvalue weighted by atomic mass is 10.2. The first-order valence-electron chi connectivity index (χ1n) is 6.18. The van der Waals surface area contributed by atoms with Gasteiger partial charge >= 0.3 is 0 Å². The zero-order valence-corrected chi connectivity index (χ0v) is 11.4. The molecule has 0 amide bonds. The van der Waals surface area contributed by atoms with Crippen LogP contribution in [-0.4, -0.2) is 38.6 Å². The fourth-order valence-electron chi connectivity index (χ4n) is 1.73. The fourth-order valence-corrected chi connectivity index (χ4v) is 2.43. The van der Waals surface area contributed by atoms with Crippen LogP contribution < -0.4 is 5.32 Å². The second-order valence-electron chi connectivity index (χ2n) is 4.30. The van der Waals surface area contributed by atoms with E-state index in [-0.39, 0.29) is 0 Å². The van der Waals surface area contributed by atoms with Gasteiger partial charge in [-0.3, -0.25) is 0 Å². The molecule has 0 radical (unpaired) electrons. The highest BCUT2D eigenvalue weighted by atomic mass is 32.1. The van der Waals surface area contributed by atoms with Crippen molar-refractivity contribution in [2.24, 2.45) is 0 Å². The van der Waals surface area contributed by atoms with Crippen LogP contribution in [0, 0.1) is 0 Å². The van der Waals surface area contributed by atoms with Crippen molar-refractivity contribution in [1.82, 2.24) is 10.2 Å². The molecule has 0 saturated heterocycles. The summed E-state index contributed by atoms with van der Waals surface area (Å²) in [5, 5.41) is 5.35. The average molecular weight is 240 g/mol. The van der Waals surface area contributed by atoms with Crippen molar-refractivity contribution in [2.45, 2.75) is 25.7 Å². The van der Waals surface area contributed by atoms with E-state index in [2.05, 4.69) is 34.8 Å². The van der Waals surface area contributed by atoms with Crippen molar-refractivity contribution in [1.29, 1.82) is 0 Å². The molecular weight excluding hydrogens is 216 g/mol. The quantitative estimate of drug-likeness (QED) is 0.668. The van der Waals surface area contributed by atoms with Gasteiger partial charge in [-0.25, -0.2) is 0 Å². The third-order valence-corrected chi connectivity index (χ3v) is 3.72. The van der Waals surface area contributed by atoms with Gasteiger partial charge in [0.25, 0.3) is 0 Å². The van der Waals surface area contributed by atoms with Gasteiger partial charge in [0.15, 0.2) is 0 Å². The van der Waals surface area contributed by atoms with E-state index in [1.165, 1.54) is 43.6 Å². The largest absolute Gasteiger partial charge is 0.320 e. The van der Waals surface area contributed by atoms with Gasteiger partial charge in [-0.15, -0.1) is 11.3 Å². The van der Waals surface area contributed by atoms with Gasteiger partial charge in [0, 0.05) is 11.4 Å². The summed E-state index contributed by atoms with van der Waals surface area (Å²) in [5.41, 5.74) is 0. The molecule has 1 aromatic rings. The lowest BCUT2D eigenvalue weighted by molar-refractivity contribution is 0.329. The van der Waals surface area contributed by atoms with E-state index in [1.54, 1.807) is 0 Å². The molecule has 1 aromatic heterocycles. The molecule has 0 aliphatic heterocycles. The van der Waals surface area contributed by atoms with Crippen LogP contribution in [0.25, 0.3) is 0 Å². The maximum Gasteiger partial charge on any atom is 0.00579 e. The molecule has 0 unspecified atom stereocenters. The zero-order chi connectivity index (χ0) is 11.6. The van der Waals surface area contributed by atoms with E-state index in [0.717, 1.165) is 6.54 Å². The van der Waals surface area contributed by atoms with Gasteiger partial charge in [0.1, 0.15) is 0 Å². The molecule has 0 aliphatic carbocycles. The van der Waals surface area contributed by atoms with Crippen LogP contribution in [0.1, 0.15) is 24.1 Å². The standard InChI is InChI=1S/C13H24N2S/c1-14-9-4-3-5-10-15(2)11-8-13-7-6-12-16-13/h6-7,12,14H,3-5,8-11H2,1-2H3. The Morgan fingerprint density at radius 3 is 2.81 bits per heavy atom. The van der Waals surface area contributed by atoms with E-state index in [1.807, 2.05) is 18.4 Å². The summed E-state index contributed by atoms with van der Waals surface area (Å²) < 4.78 is 0. The lowest BCUT2D eigenvalue weighted by Crippen LogP contribution is -2.22. The number of nitrogens with one attached hydrogen (secondary N) is 1. The predicted molar refractivity (Wildman–Crippen MR) is 73.3 cm³/mol. The molecular formula is C13H24N2S. The summed E-state index contributed by atoms with van der Waals surface area (Å²) in [5.74, 6) is 0. The van der Waals surface area contributed by atoms with Crippen molar-refractivity contribution in [3.05, 3.63) is 22.4 Å². The molecule has 0 atom stereocenters. The second kappa shape index (κ2) is 8.74. The summed E-state index contributed by atoms with van der Waals surface area (Å²) in [6, 6.07) is 4.36. The normalized spacial score (nSPS) is 11.2. The number of unbranched alkanes of at least 4 members (excludes halogenated alkanes) is 2. The predicted octanol–water partition coefficient (Wildman–Crippen LogP) is 2.61. The van der Waals surface area contributed by atoms with Gasteiger partial charge in [0.05, 0.1) is 0 Å². The van der Waals surface area contributed by atoms with Crippen molar-refractivity contribution >= 4 is 11.3 Å². The SMILES string of the molecule is CNCCCCCN(C)CCc1cccs1. The number of hydrogen-bond acceptors (Lipinski definition) is 3. The first-order chi connectivity index (χ1) is 7.83. The number of thiophene rings is 1. The first-order valence-corrected chi connectivity index (χ1v) is 7.06. The minimum Gasteiger partial charge on any atom is -0.320 e. The van der Waals surface area contributed by atoms with Gasteiger partial charge in [0.2, 0.25) is 0 Å². The first kappa shape index (κ1) is 13.7. The highest BCUT2D eigenvalue weighted by Crippen LogP contribution is 2.09. The third kappa shape index (κ3) is 6.26. The Kier molecular flexibility index (Phi) is 7.47. The Labute approximate surface area is 104 Å². The molecule has 0 saturated carbocycles. The van der Waals surface area contributed by atoms with Gasteiger partial charge < -0.3 is 10.2 Å². The minimum absolute atomic E-state index is 1.15. The summed E-state index contributed by atoms with van der Waals surface area (Å²) in [6.45, 7) is 3.57. The summed E-state index contributed by atoms with van der Waals surface area (Å²) in [4.78, 5) is 3.95.